The predicted molar refractivity (Wildman–Crippen MR) is 66.3 cm³/mol. The van der Waals surface area contributed by atoms with Crippen molar-refractivity contribution < 1.29 is 4.42 Å². The molecule has 84 valence electrons. The van der Waals surface area contributed by atoms with Crippen molar-refractivity contribution in [3.8, 4) is 11.4 Å². The average molecular weight is 282 g/mol. The Labute approximate surface area is 102 Å². The van der Waals surface area contributed by atoms with Crippen LogP contribution in [0.2, 0.25) is 0 Å². The first kappa shape index (κ1) is 11.1. The van der Waals surface area contributed by atoms with Gasteiger partial charge < -0.3 is 9.73 Å². The molecular weight excluding hydrogens is 270 g/mol. The molecule has 0 atom stereocenters. The fourth-order valence-corrected chi connectivity index (χ4v) is 1.68. The molecule has 0 aliphatic carbocycles. The SMILES string of the molecule is CCNc1nc(-c2ccoc2)nc(C)c1Br. The van der Waals surface area contributed by atoms with Crippen LogP contribution < -0.4 is 5.32 Å². The summed E-state index contributed by atoms with van der Waals surface area (Å²) in [6.45, 7) is 4.79. The molecule has 1 N–H and O–H groups in total. The molecule has 0 aliphatic heterocycles. The van der Waals surface area contributed by atoms with Gasteiger partial charge in [0.25, 0.3) is 0 Å². The normalized spacial score (nSPS) is 10.4. The number of hydrogen-bond donors (Lipinski definition) is 1. The Morgan fingerprint density at radius 3 is 2.88 bits per heavy atom. The number of aryl methyl sites for hydroxylation is 1. The second kappa shape index (κ2) is 4.65. The number of anilines is 1. The fourth-order valence-electron chi connectivity index (χ4n) is 1.36. The van der Waals surface area contributed by atoms with Gasteiger partial charge in [-0.25, -0.2) is 9.97 Å². The molecule has 0 radical (unpaired) electrons. The molecule has 2 aromatic heterocycles. The van der Waals surface area contributed by atoms with Gasteiger partial charge in [-0.05, 0) is 35.8 Å². The lowest BCUT2D eigenvalue weighted by atomic mass is 10.3. The van der Waals surface area contributed by atoms with Crippen LogP contribution in [0.5, 0.6) is 0 Å². The summed E-state index contributed by atoms with van der Waals surface area (Å²) in [6, 6.07) is 1.85. The van der Waals surface area contributed by atoms with Gasteiger partial charge in [-0.2, -0.15) is 0 Å². The van der Waals surface area contributed by atoms with E-state index in [1.165, 1.54) is 0 Å². The monoisotopic (exact) mass is 281 g/mol. The fraction of sp³-hybridized carbons (Fsp3) is 0.273. The maximum atomic E-state index is 5.03. The van der Waals surface area contributed by atoms with Crippen LogP contribution in [-0.4, -0.2) is 16.5 Å². The van der Waals surface area contributed by atoms with Gasteiger partial charge >= 0.3 is 0 Å². The molecule has 4 nitrogen and oxygen atoms in total. The van der Waals surface area contributed by atoms with Gasteiger partial charge in [0.2, 0.25) is 0 Å². The van der Waals surface area contributed by atoms with Gasteiger partial charge in [0.15, 0.2) is 5.82 Å². The zero-order valence-corrected chi connectivity index (χ0v) is 10.7. The maximum absolute atomic E-state index is 5.03. The van der Waals surface area contributed by atoms with Gasteiger partial charge in [0, 0.05) is 6.54 Å². The van der Waals surface area contributed by atoms with Gasteiger partial charge in [0.1, 0.15) is 12.1 Å². The van der Waals surface area contributed by atoms with Crippen LogP contribution in [0, 0.1) is 6.92 Å². The molecule has 0 aliphatic rings. The molecule has 0 bridgehead atoms. The van der Waals surface area contributed by atoms with Gasteiger partial charge in [-0.15, -0.1) is 0 Å². The predicted octanol–water partition coefficient (Wildman–Crippen LogP) is 3.24. The highest BCUT2D eigenvalue weighted by atomic mass is 79.9. The first-order valence-electron chi connectivity index (χ1n) is 5.03. The summed E-state index contributed by atoms with van der Waals surface area (Å²) in [6.07, 6.45) is 3.25. The third-order valence-corrected chi connectivity index (χ3v) is 3.09. The van der Waals surface area contributed by atoms with E-state index in [1.54, 1.807) is 12.5 Å². The van der Waals surface area contributed by atoms with Crippen LogP contribution in [0.4, 0.5) is 5.82 Å². The van der Waals surface area contributed by atoms with Crippen molar-refractivity contribution in [3.05, 3.63) is 28.8 Å². The van der Waals surface area contributed by atoms with E-state index in [2.05, 4.69) is 31.2 Å². The molecule has 0 spiro atoms. The van der Waals surface area contributed by atoms with Gasteiger partial charge in [-0.3, -0.25) is 0 Å². The van der Waals surface area contributed by atoms with E-state index in [9.17, 15) is 0 Å². The first-order valence-corrected chi connectivity index (χ1v) is 5.82. The smallest absolute Gasteiger partial charge is 0.165 e. The Balaban J connectivity index is 2.48. The zero-order chi connectivity index (χ0) is 11.5. The van der Waals surface area contributed by atoms with E-state index in [0.717, 1.165) is 28.1 Å². The maximum Gasteiger partial charge on any atom is 0.165 e. The van der Waals surface area contributed by atoms with Gasteiger partial charge in [-0.1, -0.05) is 0 Å². The zero-order valence-electron chi connectivity index (χ0n) is 9.12. The minimum atomic E-state index is 0.672. The second-order valence-electron chi connectivity index (χ2n) is 3.34. The summed E-state index contributed by atoms with van der Waals surface area (Å²) in [5, 5.41) is 3.19. The summed E-state index contributed by atoms with van der Waals surface area (Å²) in [5.41, 5.74) is 1.79. The molecule has 2 heterocycles. The quantitative estimate of drug-likeness (QED) is 0.939. The van der Waals surface area contributed by atoms with Crippen LogP contribution in [0.15, 0.2) is 27.5 Å². The Kier molecular flexibility index (Phi) is 3.24. The van der Waals surface area contributed by atoms with Crippen molar-refractivity contribution in [3.63, 3.8) is 0 Å². The molecule has 0 aromatic carbocycles. The number of hydrogen-bond acceptors (Lipinski definition) is 4. The van der Waals surface area contributed by atoms with Crippen molar-refractivity contribution in [2.24, 2.45) is 0 Å². The summed E-state index contributed by atoms with van der Waals surface area (Å²) in [4.78, 5) is 8.84. The lowest BCUT2D eigenvalue weighted by molar-refractivity contribution is 0.568. The van der Waals surface area contributed by atoms with Crippen LogP contribution in [0.3, 0.4) is 0 Å². The van der Waals surface area contributed by atoms with Crippen molar-refractivity contribution >= 4 is 21.7 Å². The van der Waals surface area contributed by atoms with Crippen LogP contribution in [0.25, 0.3) is 11.4 Å². The Morgan fingerprint density at radius 2 is 2.25 bits per heavy atom. The van der Waals surface area contributed by atoms with Gasteiger partial charge in [0.05, 0.1) is 22.0 Å². The minimum Gasteiger partial charge on any atom is -0.472 e. The van der Waals surface area contributed by atoms with E-state index in [0.29, 0.717) is 5.82 Å². The van der Waals surface area contributed by atoms with E-state index < -0.39 is 0 Å². The number of aromatic nitrogens is 2. The molecule has 0 saturated heterocycles. The second-order valence-corrected chi connectivity index (χ2v) is 4.13. The molecule has 0 saturated carbocycles. The highest BCUT2D eigenvalue weighted by Crippen LogP contribution is 2.26. The van der Waals surface area contributed by atoms with E-state index in [4.69, 9.17) is 4.42 Å². The topological polar surface area (TPSA) is 51.0 Å². The highest BCUT2D eigenvalue weighted by molar-refractivity contribution is 9.10. The molecule has 2 rings (SSSR count). The number of furan rings is 1. The molecule has 0 fully saturated rings. The van der Waals surface area contributed by atoms with Crippen molar-refractivity contribution in [2.75, 3.05) is 11.9 Å². The summed E-state index contributed by atoms with van der Waals surface area (Å²) < 4.78 is 5.93. The van der Waals surface area contributed by atoms with E-state index in [-0.39, 0.29) is 0 Å². The van der Waals surface area contributed by atoms with Crippen LogP contribution in [0.1, 0.15) is 12.6 Å². The molecule has 0 unspecified atom stereocenters. The standard InChI is InChI=1S/C11H12BrN3O/c1-3-13-11-9(12)7(2)14-10(15-11)8-4-5-16-6-8/h4-6H,3H2,1-2H3,(H,13,14,15). The van der Waals surface area contributed by atoms with E-state index >= 15 is 0 Å². The third-order valence-electron chi connectivity index (χ3n) is 2.14. The molecule has 0 amide bonds. The van der Waals surface area contributed by atoms with Crippen molar-refractivity contribution in [1.29, 1.82) is 0 Å². The van der Waals surface area contributed by atoms with Crippen molar-refractivity contribution in [1.82, 2.24) is 9.97 Å². The van der Waals surface area contributed by atoms with Crippen molar-refractivity contribution in [2.45, 2.75) is 13.8 Å². The Morgan fingerprint density at radius 1 is 1.44 bits per heavy atom. The molecule has 2 aromatic rings. The number of halogens is 1. The van der Waals surface area contributed by atoms with Crippen LogP contribution in [-0.2, 0) is 0 Å². The average Bonchev–Trinajstić information content (AvgIpc) is 2.78. The molecular formula is C11H12BrN3O. The number of nitrogens with zero attached hydrogens (tertiary/aromatic N) is 2. The minimum absolute atomic E-state index is 0.672. The summed E-state index contributed by atoms with van der Waals surface area (Å²) in [5.74, 6) is 1.48. The summed E-state index contributed by atoms with van der Waals surface area (Å²) in [7, 11) is 0. The van der Waals surface area contributed by atoms with E-state index in [1.807, 2.05) is 19.9 Å². The summed E-state index contributed by atoms with van der Waals surface area (Å²) >= 11 is 3.47. The number of rotatable bonds is 3. The Bertz CT molecular complexity index is 482. The van der Waals surface area contributed by atoms with Crippen LogP contribution >= 0.6 is 15.9 Å². The number of nitrogens with one attached hydrogen (secondary N) is 1. The lowest BCUT2D eigenvalue weighted by Crippen LogP contribution is -2.04. The third kappa shape index (κ3) is 2.09. The highest BCUT2D eigenvalue weighted by Gasteiger charge is 2.10. The molecule has 16 heavy (non-hydrogen) atoms. The largest absolute Gasteiger partial charge is 0.472 e. The molecule has 5 heteroatoms. The first-order chi connectivity index (χ1) is 7.72. The Hall–Kier alpha value is -1.36. The lowest BCUT2D eigenvalue weighted by Gasteiger charge is -2.08.